The molecule has 0 unspecified atom stereocenters. The van der Waals surface area contributed by atoms with E-state index in [1.165, 1.54) is 0 Å². The first-order chi connectivity index (χ1) is 2.64. The summed E-state index contributed by atoms with van der Waals surface area (Å²) in [5, 5.41) is 7.44. The summed E-state index contributed by atoms with van der Waals surface area (Å²) in [6.07, 6.45) is 0. The number of hydrogen-bond acceptors (Lipinski definition) is 1. The third-order valence-corrected chi connectivity index (χ3v) is 0.896. The summed E-state index contributed by atoms with van der Waals surface area (Å²) in [4.78, 5) is 0. The van der Waals surface area contributed by atoms with Gasteiger partial charge in [-0.15, -0.1) is 0 Å². The summed E-state index contributed by atoms with van der Waals surface area (Å²) in [5.41, 5.74) is 0. The van der Waals surface area contributed by atoms with Crippen LogP contribution in [-0.2, 0) is 0 Å². The van der Waals surface area contributed by atoms with Gasteiger partial charge >= 0.3 is 0 Å². The number of aliphatic hydroxyl groups excluding tert-OH is 1. The second-order valence-electron chi connectivity index (χ2n) is 0.551. The molecule has 0 aliphatic rings. The van der Waals surface area contributed by atoms with Crippen molar-refractivity contribution in [3.63, 3.8) is 0 Å². The molecule has 0 rings (SSSR count). The van der Waals surface area contributed by atoms with Crippen LogP contribution in [-0.4, -0.2) is 5.11 Å². The standard InChI is InChI=1S/C2HCl3O/c3-1(4)2(5)6/h6H. The predicted molar refractivity (Wildman–Crippen MR) is 27.2 cm³/mol. The quantitative estimate of drug-likeness (QED) is 0.522. The fourth-order valence-corrected chi connectivity index (χ4v) is 0. The van der Waals surface area contributed by atoms with Gasteiger partial charge in [-0.25, -0.2) is 0 Å². The van der Waals surface area contributed by atoms with E-state index >= 15 is 0 Å². The van der Waals surface area contributed by atoms with Crippen molar-refractivity contribution in [2.45, 2.75) is 0 Å². The molecule has 0 amide bonds. The first-order valence-electron chi connectivity index (χ1n) is 1.04. The Kier molecular flexibility index (Phi) is 2.74. The molecule has 0 aromatic rings. The van der Waals surface area contributed by atoms with Gasteiger partial charge in [-0.1, -0.05) is 23.2 Å². The third-order valence-electron chi connectivity index (χ3n) is 0.156. The number of hydrogen-bond donors (Lipinski definition) is 1. The van der Waals surface area contributed by atoms with Crippen LogP contribution < -0.4 is 0 Å². The highest BCUT2D eigenvalue weighted by Crippen LogP contribution is 2.13. The van der Waals surface area contributed by atoms with Gasteiger partial charge < -0.3 is 5.11 Å². The van der Waals surface area contributed by atoms with Crippen LogP contribution in [0, 0.1) is 0 Å². The van der Waals surface area contributed by atoms with Crippen LogP contribution >= 0.6 is 34.8 Å². The maximum absolute atomic E-state index is 8.01. The van der Waals surface area contributed by atoms with Gasteiger partial charge in [0, 0.05) is 0 Å². The lowest BCUT2D eigenvalue weighted by atomic mass is 11.1. The van der Waals surface area contributed by atoms with Gasteiger partial charge in [-0.05, 0) is 11.6 Å². The molecule has 0 spiro atoms. The normalized spacial score (nSPS) is 7.83. The van der Waals surface area contributed by atoms with E-state index in [1.54, 1.807) is 0 Å². The minimum absolute atomic E-state index is 0.309. The topological polar surface area (TPSA) is 20.2 Å². The van der Waals surface area contributed by atoms with E-state index in [1.807, 2.05) is 0 Å². The Hall–Kier alpha value is 0.410. The number of rotatable bonds is 0. The third kappa shape index (κ3) is 2.64. The molecule has 0 saturated heterocycles. The van der Waals surface area contributed by atoms with E-state index in [0.29, 0.717) is 0 Å². The van der Waals surface area contributed by atoms with E-state index in [2.05, 4.69) is 0 Å². The highest BCUT2D eigenvalue weighted by Gasteiger charge is 1.88. The molecule has 1 N–H and O–H groups in total. The predicted octanol–water partition coefficient (Wildman–Crippen LogP) is 2.39. The average molecular weight is 147 g/mol. The molecule has 4 heteroatoms. The molecule has 0 radical (unpaired) electrons. The minimum atomic E-state index is -0.571. The maximum Gasteiger partial charge on any atom is 0.215 e. The minimum Gasteiger partial charge on any atom is -0.497 e. The molecular weight excluding hydrogens is 146 g/mol. The van der Waals surface area contributed by atoms with E-state index in [0.717, 1.165) is 0 Å². The first-order valence-corrected chi connectivity index (χ1v) is 2.17. The molecule has 0 bridgehead atoms. The maximum atomic E-state index is 8.01. The van der Waals surface area contributed by atoms with Crippen LogP contribution in [0.3, 0.4) is 0 Å². The van der Waals surface area contributed by atoms with Gasteiger partial charge in [0.2, 0.25) is 5.22 Å². The number of aliphatic hydroxyl groups is 1. The Morgan fingerprint density at radius 2 is 1.33 bits per heavy atom. The van der Waals surface area contributed by atoms with Crippen molar-refractivity contribution in [3.05, 3.63) is 9.71 Å². The fraction of sp³-hybridized carbons (Fsp3) is 0. The van der Waals surface area contributed by atoms with Crippen molar-refractivity contribution < 1.29 is 5.11 Å². The zero-order chi connectivity index (χ0) is 5.15. The fourth-order valence-electron chi connectivity index (χ4n) is 0. The lowest BCUT2D eigenvalue weighted by Gasteiger charge is -1.78. The monoisotopic (exact) mass is 146 g/mol. The molecule has 0 heterocycles. The van der Waals surface area contributed by atoms with E-state index in [9.17, 15) is 0 Å². The van der Waals surface area contributed by atoms with Crippen LogP contribution in [0.4, 0.5) is 0 Å². The van der Waals surface area contributed by atoms with E-state index in [-0.39, 0.29) is 4.49 Å². The van der Waals surface area contributed by atoms with Crippen LogP contribution in [0.1, 0.15) is 0 Å². The van der Waals surface area contributed by atoms with Gasteiger partial charge in [0.1, 0.15) is 0 Å². The lowest BCUT2D eigenvalue weighted by Crippen LogP contribution is -1.60. The van der Waals surface area contributed by atoms with Crippen molar-refractivity contribution in [2.75, 3.05) is 0 Å². The summed E-state index contributed by atoms with van der Waals surface area (Å²) in [5.74, 6) is 0. The van der Waals surface area contributed by atoms with Crippen molar-refractivity contribution in [1.82, 2.24) is 0 Å². The van der Waals surface area contributed by atoms with Gasteiger partial charge in [-0.3, -0.25) is 0 Å². The Labute approximate surface area is 50.1 Å². The first kappa shape index (κ1) is 6.41. The second-order valence-corrected chi connectivity index (χ2v) is 1.86. The Balaban J connectivity index is 3.68. The lowest BCUT2D eigenvalue weighted by molar-refractivity contribution is 0.452. The highest BCUT2D eigenvalue weighted by atomic mass is 35.5. The largest absolute Gasteiger partial charge is 0.497 e. The van der Waals surface area contributed by atoms with Gasteiger partial charge in [0.15, 0.2) is 4.49 Å². The van der Waals surface area contributed by atoms with Gasteiger partial charge in [0.05, 0.1) is 0 Å². The Morgan fingerprint density at radius 1 is 1.17 bits per heavy atom. The summed E-state index contributed by atoms with van der Waals surface area (Å²) in [7, 11) is 0. The smallest absolute Gasteiger partial charge is 0.215 e. The molecule has 0 aromatic carbocycles. The van der Waals surface area contributed by atoms with Crippen LogP contribution in [0.25, 0.3) is 0 Å². The molecule has 36 valence electrons. The molecule has 0 aromatic heterocycles. The van der Waals surface area contributed by atoms with Crippen molar-refractivity contribution in [3.8, 4) is 0 Å². The Bertz CT molecular complexity index is 58.9. The molecule has 0 aliphatic carbocycles. The second kappa shape index (κ2) is 2.56. The molecule has 1 nitrogen and oxygen atoms in total. The van der Waals surface area contributed by atoms with Crippen molar-refractivity contribution in [1.29, 1.82) is 0 Å². The van der Waals surface area contributed by atoms with Crippen LogP contribution in [0.5, 0.6) is 0 Å². The summed E-state index contributed by atoms with van der Waals surface area (Å²) >= 11 is 14.5. The van der Waals surface area contributed by atoms with Crippen LogP contribution in [0.2, 0.25) is 0 Å². The van der Waals surface area contributed by atoms with Gasteiger partial charge in [-0.2, -0.15) is 0 Å². The molecule has 0 atom stereocenters. The molecule has 0 saturated carbocycles. The summed E-state index contributed by atoms with van der Waals surface area (Å²) < 4.78 is -0.309. The van der Waals surface area contributed by atoms with Crippen molar-refractivity contribution in [2.24, 2.45) is 0 Å². The van der Waals surface area contributed by atoms with Gasteiger partial charge in [0.25, 0.3) is 0 Å². The zero-order valence-corrected chi connectivity index (χ0v) is 4.85. The molecular formula is C2HCl3O. The Morgan fingerprint density at radius 3 is 1.33 bits per heavy atom. The SMILES string of the molecule is OC(Cl)=C(Cl)Cl. The summed E-state index contributed by atoms with van der Waals surface area (Å²) in [6, 6.07) is 0. The summed E-state index contributed by atoms with van der Waals surface area (Å²) in [6.45, 7) is 0. The van der Waals surface area contributed by atoms with E-state index < -0.39 is 5.22 Å². The number of halogens is 3. The highest BCUT2D eigenvalue weighted by molar-refractivity contribution is 6.58. The zero-order valence-electron chi connectivity index (χ0n) is 2.58. The molecule has 0 aliphatic heterocycles. The molecule has 6 heavy (non-hydrogen) atoms. The van der Waals surface area contributed by atoms with Crippen molar-refractivity contribution >= 4 is 34.8 Å². The average Bonchev–Trinajstić information content (AvgIpc) is 1.36. The van der Waals surface area contributed by atoms with E-state index in [4.69, 9.17) is 39.9 Å². The van der Waals surface area contributed by atoms with Crippen LogP contribution in [0.15, 0.2) is 9.71 Å². The molecule has 0 fully saturated rings.